The van der Waals surface area contributed by atoms with E-state index in [1.807, 2.05) is 42.5 Å². The molecule has 10 heteroatoms. The third-order valence-corrected chi connectivity index (χ3v) is 6.58. The fourth-order valence-electron chi connectivity index (χ4n) is 4.08. The number of hydrogen-bond acceptors (Lipinski definition) is 6. The molecule has 3 aromatic carbocycles. The van der Waals surface area contributed by atoms with E-state index in [9.17, 15) is 14.4 Å². The first-order valence-electron chi connectivity index (χ1n) is 12.1. The number of anilines is 2. The van der Waals surface area contributed by atoms with Crippen LogP contribution in [0.15, 0.2) is 72.8 Å². The zero-order chi connectivity index (χ0) is 26.9. The van der Waals surface area contributed by atoms with Crippen molar-refractivity contribution in [2.45, 2.75) is 18.9 Å². The van der Waals surface area contributed by atoms with Crippen molar-refractivity contribution >= 4 is 52.4 Å². The van der Waals surface area contributed by atoms with Crippen molar-refractivity contribution in [2.75, 3.05) is 31.6 Å². The van der Waals surface area contributed by atoms with Gasteiger partial charge < -0.3 is 25.0 Å². The molecule has 0 radical (unpaired) electrons. The summed E-state index contributed by atoms with van der Waals surface area (Å²) >= 11 is 12.6. The van der Waals surface area contributed by atoms with E-state index in [-0.39, 0.29) is 38.5 Å². The number of rotatable bonds is 10. The molecule has 0 spiro atoms. The molecule has 198 valence electrons. The first kappa shape index (κ1) is 27.3. The normalized spacial score (nSPS) is 14.9. The number of nitrogens with one attached hydrogen (secondary N) is 2. The lowest BCUT2D eigenvalue weighted by atomic mass is 10.0. The monoisotopic (exact) mass is 555 g/mol. The molecule has 1 fully saturated rings. The minimum absolute atomic E-state index is 0.00892. The van der Waals surface area contributed by atoms with Gasteiger partial charge in [-0.3, -0.25) is 14.4 Å². The maximum Gasteiger partial charge on any atom is 0.308 e. The molecule has 1 heterocycles. The van der Waals surface area contributed by atoms with Gasteiger partial charge in [0, 0.05) is 18.8 Å². The molecular weight excluding hydrogens is 529 g/mol. The highest BCUT2D eigenvalue weighted by Crippen LogP contribution is 2.33. The summed E-state index contributed by atoms with van der Waals surface area (Å²) in [4.78, 5) is 39.9. The quantitative estimate of drug-likeness (QED) is 0.280. The van der Waals surface area contributed by atoms with E-state index in [1.54, 1.807) is 30.3 Å². The molecule has 0 aromatic heterocycles. The van der Waals surface area contributed by atoms with E-state index in [0.29, 0.717) is 39.3 Å². The molecule has 0 aliphatic carbocycles. The first-order valence-corrected chi connectivity index (χ1v) is 12.9. The summed E-state index contributed by atoms with van der Waals surface area (Å²) in [6.07, 6.45) is -0.243. The van der Waals surface area contributed by atoms with E-state index in [4.69, 9.17) is 32.7 Å². The molecule has 3 aromatic rings. The molecule has 0 bridgehead atoms. The van der Waals surface area contributed by atoms with Crippen LogP contribution in [0.3, 0.4) is 0 Å². The smallest absolute Gasteiger partial charge is 0.308 e. The van der Waals surface area contributed by atoms with E-state index in [1.165, 1.54) is 4.90 Å². The van der Waals surface area contributed by atoms with E-state index in [2.05, 4.69) is 10.6 Å². The Balaban J connectivity index is 1.38. The van der Waals surface area contributed by atoms with Crippen LogP contribution in [0.1, 0.15) is 12.0 Å². The van der Waals surface area contributed by atoms with Crippen LogP contribution < -0.4 is 15.4 Å². The van der Waals surface area contributed by atoms with Crippen molar-refractivity contribution in [3.63, 3.8) is 0 Å². The fraction of sp³-hybridized carbons (Fsp3) is 0.250. The van der Waals surface area contributed by atoms with Crippen LogP contribution in [0.25, 0.3) is 0 Å². The summed E-state index contributed by atoms with van der Waals surface area (Å²) in [6.45, 7) is 0.788. The number of para-hydroxylation sites is 3. The van der Waals surface area contributed by atoms with Crippen LogP contribution in [0.5, 0.6) is 5.75 Å². The Morgan fingerprint density at radius 3 is 2.42 bits per heavy atom. The topological polar surface area (TPSA) is 97.0 Å². The summed E-state index contributed by atoms with van der Waals surface area (Å²) in [7, 11) is 0. The number of nitrogens with zero attached hydrogens (tertiary/aromatic N) is 1. The van der Waals surface area contributed by atoms with E-state index >= 15 is 0 Å². The zero-order valence-corrected chi connectivity index (χ0v) is 22.0. The Morgan fingerprint density at radius 1 is 0.947 bits per heavy atom. The number of piperazine rings is 1. The molecule has 1 unspecified atom stereocenters. The lowest BCUT2D eigenvalue weighted by Gasteiger charge is -2.34. The van der Waals surface area contributed by atoms with Crippen LogP contribution >= 0.6 is 23.2 Å². The van der Waals surface area contributed by atoms with Gasteiger partial charge in [-0.1, -0.05) is 65.7 Å². The van der Waals surface area contributed by atoms with Crippen LogP contribution in [0.2, 0.25) is 10.0 Å². The number of carbonyl (C=O) groups is 3. The van der Waals surface area contributed by atoms with Crippen LogP contribution in [0, 0.1) is 0 Å². The number of benzene rings is 3. The number of amides is 2. The molecule has 1 aliphatic heterocycles. The third kappa shape index (κ3) is 7.18. The summed E-state index contributed by atoms with van der Waals surface area (Å²) in [5, 5.41) is 6.82. The fourth-order valence-corrected chi connectivity index (χ4v) is 4.57. The molecule has 38 heavy (non-hydrogen) atoms. The average Bonchev–Trinajstić information content (AvgIpc) is 2.91. The van der Waals surface area contributed by atoms with E-state index < -0.39 is 17.9 Å². The van der Waals surface area contributed by atoms with Crippen molar-refractivity contribution in [3.8, 4) is 5.75 Å². The molecule has 0 saturated carbocycles. The molecule has 4 rings (SSSR count). The SMILES string of the molecule is O=C(CC1C(=O)NCCN1C(=O)Cc1ccccc1Nc1c(Cl)cccc1Cl)OCCOc1ccccc1. The molecular formula is C28H27Cl2N3O5. The predicted octanol–water partition coefficient (Wildman–Crippen LogP) is 4.62. The van der Waals surface area contributed by atoms with Crippen molar-refractivity contribution < 1.29 is 23.9 Å². The van der Waals surface area contributed by atoms with Gasteiger partial charge in [-0.15, -0.1) is 0 Å². The highest BCUT2D eigenvalue weighted by molar-refractivity contribution is 6.39. The Kier molecular flexibility index (Phi) is 9.46. The highest BCUT2D eigenvalue weighted by Gasteiger charge is 2.35. The predicted molar refractivity (Wildman–Crippen MR) is 146 cm³/mol. The Morgan fingerprint density at radius 2 is 1.66 bits per heavy atom. The molecule has 2 amide bonds. The maximum absolute atomic E-state index is 13.4. The van der Waals surface area contributed by atoms with Gasteiger partial charge in [-0.05, 0) is 35.9 Å². The second-order valence-electron chi connectivity index (χ2n) is 8.54. The minimum Gasteiger partial charge on any atom is -0.490 e. The highest BCUT2D eigenvalue weighted by atomic mass is 35.5. The third-order valence-electron chi connectivity index (χ3n) is 5.95. The molecule has 1 aliphatic rings. The Bertz CT molecular complexity index is 1270. The molecule has 8 nitrogen and oxygen atoms in total. The lowest BCUT2D eigenvalue weighted by Crippen LogP contribution is -2.58. The van der Waals surface area contributed by atoms with Crippen molar-refractivity contribution in [1.82, 2.24) is 10.2 Å². The largest absolute Gasteiger partial charge is 0.490 e. The zero-order valence-electron chi connectivity index (χ0n) is 20.5. The van der Waals surface area contributed by atoms with Gasteiger partial charge in [-0.25, -0.2) is 0 Å². The van der Waals surface area contributed by atoms with Crippen LogP contribution in [-0.2, 0) is 25.5 Å². The minimum atomic E-state index is -0.961. The average molecular weight is 556 g/mol. The molecule has 2 N–H and O–H groups in total. The van der Waals surface area contributed by atoms with Gasteiger partial charge in [0.15, 0.2) is 0 Å². The summed E-state index contributed by atoms with van der Waals surface area (Å²) < 4.78 is 10.8. The summed E-state index contributed by atoms with van der Waals surface area (Å²) in [5.74, 6) is -0.601. The Labute approximate surface area is 230 Å². The van der Waals surface area contributed by atoms with Gasteiger partial charge in [-0.2, -0.15) is 0 Å². The Hall–Kier alpha value is -3.75. The van der Waals surface area contributed by atoms with Crippen LogP contribution in [0.4, 0.5) is 11.4 Å². The van der Waals surface area contributed by atoms with Gasteiger partial charge in [0.2, 0.25) is 11.8 Å². The van der Waals surface area contributed by atoms with Crippen LogP contribution in [-0.4, -0.2) is 55.0 Å². The second kappa shape index (κ2) is 13.2. The van der Waals surface area contributed by atoms with Gasteiger partial charge in [0.05, 0.1) is 28.6 Å². The maximum atomic E-state index is 13.4. The number of halogens is 2. The van der Waals surface area contributed by atoms with Crippen molar-refractivity contribution in [1.29, 1.82) is 0 Å². The summed E-state index contributed by atoms with van der Waals surface area (Å²) in [6, 6.07) is 20.6. The number of hydrogen-bond donors (Lipinski definition) is 2. The van der Waals surface area contributed by atoms with Crippen molar-refractivity contribution in [2.24, 2.45) is 0 Å². The lowest BCUT2D eigenvalue weighted by molar-refractivity contribution is -0.152. The number of ether oxygens (including phenoxy) is 2. The van der Waals surface area contributed by atoms with E-state index in [0.717, 1.165) is 0 Å². The summed E-state index contributed by atoms with van der Waals surface area (Å²) in [5.41, 5.74) is 1.88. The van der Waals surface area contributed by atoms with Crippen molar-refractivity contribution in [3.05, 3.63) is 88.4 Å². The van der Waals surface area contributed by atoms with Gasteiger partial charge in [0.25, 0.3) is 0 Å². The molecule has 1 saturated heterocycles. The number of carbonyl (C=O) groups excluding carboxylic acids is 3. The second-order valence-corrected chi connectivity index (χ2v) is 9.35. The first-order chi connectivity index (χ1) is 18.4. The number of esters is 1. The van der Waals surface area contributed by atoms with Gasteiger partial charge >= 0.3 is 5.97 Å². The standard InChI is InChI=1S/C28H27Cl2N3O5/c29-21-10-6-11-22(30)27(21)32-23-12-5-4-7-19(23)17-25(34)33-14-13-31-28(36)24(33)18-26(35)38-16-15-37-20-8-2-1-3-9-20/h1-12,24,32H,13-18H2,(H,31,36). The molecule has 1 atom stereocenters. The van der Waals surface area contributed by atoms with Gasteiger partial charge in [0.1, 0.15) is 25.0 Å².